The van der Waals surface area contributed by atoms with Gasteiger partial charge in [0.05, 0.1) is 5.75 Å². The molecule has 0 aromatic carbocycles. The topological polar surface area (TPSA) is 59.2 Å². The monoisotopic (exact) mass is 349 g/mol. The molecule has 1 saturated carbocycles. The Morgan fingerprint density at radius 3 is 2.79 bits per heavy atom. The summed E-state index contributed by atoms with van der Waals surface area (Å²) in [5.41, 5.74) is 1.18. The number of rotatable bonds is 6. The van der Waals surface area contributed by atoms with Gasteiger partial charge in [-0.05, 0) is 45.4 Å². The van der Waals surface area contributed by atoms with Gasteiger partial charge < -0.3 is 9.32 Å². The summed E-state index contributed by atoms with van der Waals surface area (Å²) in [6.07, 6.45) is 12.8. The number of hydrogen-bond donors (Lipinski definition) is 0. The molecule has 3 rings (SSSR count). The number of nitrogens with zero attached hydrogens (tertiary/aromatic N) is 3. The lowest BCUT2D eigenvalue weighted by Crippen LogP contribution is -2.32. The molecule has 1 aromatic heterocycles. The van der Waals surface area contributed by atoms with Crippen molar-refractivity contribution in [2.24, 2.45) is 0 Å². The molecule has 0 N–H and O–H groups in total. The predicted octanol–water partition coefficient (Wildman–Crippen LogP) is 4.52. The molecule has 0 aliphatic heterocycles. The summed E-state index contributed by atoms with van der Waals surface area (Å²) in [4.78, 5) is 14.4. The number of aromatic nitrogens is 2. The number of hydrogen-bond acceptors (Lipinski definition) is 5. The molecule has 0 unspecified atom stereocenters. The summed E-state index contributed by atoms with van der Waals surface area (Å²) in [7, 11) is 0. The van der Waals surface area contributed by atoms with Crippen LogP contribution in [0, 0.1) is 0 Å². The SMILES string of the molecule is CCN(C(=O)CSc1nnc(C2CCCCC2)o1)C1=CCCCC1. The molecular formula is C18H27N3O2S. The van der Waals surface area contributed by atoms with Gasteiger partial charge in [0.15, 0.2) is 0 Å². The van der Waals surface area contributed by atoms with Crippen LogP contribution in [0.4, 0.5) is 0 Å². The predicted molar refractivity (Wildman–Crippen MR) is 94.8 cm³/mol. The highest BCUT2D eigenvalue weighted by atomic mass is 32.2. The van der Waals surface area contributed by atoms with E-state index in [-0.39, 0.29) is 5.91 Å². The molecule has 0 spiro atoms. The number of allylic oxidation sites excluding steroid dienone is 2. The molecule has 132 valence electrons. The van der Waals surface area contributed by atoms with Gasteiger partial charge in [0, 0.05) is 18.2 Å². The summed E-state index contributed by atoms with van der Waals surface area (Å²) < 4.78 is 5.79. The van der Waals surface area contributed by atoms with Crippen LogP contribution < -0.4 is 0 Å². The third-order valence-corrected chi connectivity index (χ3v) is 5.73. The summed E-state index contributed by atoms with van der Waals surface area (Å²) in [5.74, 6) is 1.66. The molecule has 24 heavy (non-hydrogen) atoms. The zero-order valence-corrected chi connectivity index (χ0v) is 15.3. The molecule has 1 heterocycles. The third-order valence-electron chi connectivity index (χ3n) is 4.93. The number of carbonyl (C=O) groups excluding carboxylic acids is 1. The van der Waals surface area contributed by atoms with Gasteiger partial charge in [-0.2, -0.15) is 0 Å². The van der Waals surface area contributed by atoms with Gasteiger partial charge in [0.1, 0.15) is 0 Å². The van der Waals surface area contributed by atoms with E-state index in [4.69, 9.17) is 4.42 Å². The minimum Gasteiger partial charge on any atom is -0.416 e. The Labute approximate surface area is 148 Å². The quantitative estimate of drug-likeness (QED) is 0.707. The number of carbonyl (C=O) groups is 1. The van der Waals surface area contributed by atoms with Gasteiger partial charge in [0.2, 0.25) is 11.8 Å². The normalized spacial score (nSPS) is 19.1. The largest absolute Gasteiger partial charge is 0.416 e. The van der Waals surface area contributed by atoms with Gasteiger partial charge in [-0.1, -0.05) is 37.1 Å². The zero-order valence-electron chi connectivity index (χ0n) is 14.5. The molecule has 0 radical (unpaired) electrons. The molecule has 0 saturated heterocycles. The molecule has 0 atom stereocenters. The van der Waals surface area contributed by atoms with Gasteiger partial charge in [0.25, 0.3) is 5.22 Å². The second kappa shape index (κ2) is 8.70. The molecule has 5 nitrogen and oxygen atoms in total. The van der Waals surface area contributed by atoms with Crippen LogP contribution in [-0.2, 0) is 4.79 Å². The third kappa shape index (κ3) is 4.41. The maximum atomic E-state index is 12.5. The highest BCUT2D eigenvalue weighted by Gasteiger charge is 2.23. The van der Waals surface area contributed by atoms with Crippen molar-refractivity contribution in [1.29, 1.82) is 0 Å². The standard InChI is InChI=1S/C18H27N3O2S/c1-2-21(15-11-7-4-8-12-15)16(22)13-24-18-20-19-17(23-18)14-9-5-3-6-10-14/h11,14H,2-10,12-13H2,1H3. The highest BCUT2D eigenvalue weighted by molar-refractivity contribution is 7.99. The van der Waals surface area contributed by atoms with Crippen LogP contribution in [0.2, 0.25) is 0 Å². The van der Waals surface area contributed by atoms with Crippen molar-refractivity contribution in [1.82, 2.24) is 15.1 Å². The van der Waals surface area contributed by atoms with Crippen LogP contribution in [0.1, 0.15) is 76.5 Å². The van der Waals surface area contributed by atoms with Crippen LogP contribution in [0.5, 0.6) is 0 Å². The Kier molecular flexibility index (Phi) is 6.35. The molecule has 0 bridgehead atoms. The van der Waals surface area contributed by atoms with E-state index in [0.29, 0.717) is 16.9 Å². The minimum atomic E-state index is 0.132. The fourth-order valence-corrected chi connectivity index (χ4v) is 4.25. The molecule has 1 aromatic rings. The van der Waals surface area contributed by atoms with Gasteiger partial charge >= 0.3 is 0 Å². The van der Waals surface area contributed by atoms with E-state index in [9.17, 15) is 4.79 Å². The van der Waals surface area contributed by atoms with Crippen molar-refractivity contribution in [2.45, 2.75) is 75.9 Å². The van der Waals surface area contributed by atoms with Crippen molar-refractivity contribution in [3.05, 3.63) is 17.7 Å². The van der Waals surface area contributed by atoms with E-state index in [1.54, 1.807) is 0 Å². The lowest BCUT2D eigenvalue weighted by molar-refractivity contribution is -0.126. The Hall–Kier alpha value is -1.30. The second-order valence-corrected chi connectivity index (χ2v) is 7.54. The van der Waals surface area contributed by atoms with E-state index in [0.717, 1.165) is 38.1 Å². The van der Waals surface area contributed by atoms with E-state index < -0.39 is 0 Å². The zero-order chi connectivity index (χ0) is 16.8. The first-order chi connectivity index (χ1) is 11.8. The van der Waals surface area contributed by atoms with Gasteiger partial charge in [-0.3, -0.25) is 4.79 Å². The Balaban J connectivity index is 1.53. The van der Waals surface area contributed by atoms with Crippen molar-refractivity contribution < 1.29 is 9.21 Å². The molecular weight excluding hydrogens is 322 g/mol. The van der Waals surface area contributed by atoms with E-state index in [1.807, 2.05) is 11.8 Å². The Morgan fingerprint density at radius 2 is 2.08 bits per heavy atom. The van der Waals surface area contributed by atoms with E-state index in [2.05, 4.69) is 16.3 Å². The summed E-state index contributed by atoms with van der Waals surface area (Å²) in [5, 5.41) is 8.85. The Morgan fingerprint density at radius 1 is 1.25 bits per heavy atom. The van der Waals surface area contributed by atoms with Crippen molar-refractivity contribution in [3.63, 3.8) is 0 Å². The first kappa shape index (κ1) is 17.5. The van der Waals surface area contributed by atoms with Crippen LogP contribution >= 0.6 is 11.8 Å². The molecule has 1 fully saturated rings. The minimum absolute atomic E-state index is 0.132. The average Bonchev–Trinajstić information content (AvgIpc) is 3.11. The first-order valence-corrected chi connectivity index (χ1v) is 10.2. The van der Waals surface area contributed by atoms with Crippen molar-refractivity contribution in [2.75, 3.05) is 12.3 Å². The van der Waals surface area contributed by atoms with Crippen LogP contribution in [0.3, 0.4) is 0 Å². The lowest BCUT2D eigenvalue weighted by Gasteiger charge is -2.26. The van der Waals surface area contributed by atoms with E-state index >= 15 is 0 Å². The van der Waals surface area contributed by atoms with Crippen LogP contribution in [0.15, 0.2) is 21.4 Å². The Bertz CT molecular complexity index is 579. The maximum Gasteiger partial charge on any atom is 0.277 e. The van der Waals surface area contributed by atoms with Gasteiger partial charge in [-0.15, -0.1) is 10.2 Å². The second-order valence-electron chi connectivity index (χ2n) is 6.61. The number of thioether (sulfide) groups is 1. The first-order valence-electron chi connectivity index (χ1n) is 9.23. The van der Waals surface area contributed by atoms with E-state index in [1.165, 1.54) is 49.6 Å². The van der Waals surface area contributed by atoms with Gasteiger partial charge in [-0.25, -0.2) is 0 Å². The smallest absolute Gasteiger partial charge is 0.277 e. The fourth-order valence-electron chi connectivity index (χ4n) is 3.60. The maximum absolute atomic E-state index is 12.5. The summed E-state index contributed by atoms with van der Waals surface area (Å²) in [6.45, 7) is 2.76. The summed E-state index contributed by atoms with van der Waals surface area (Å²) >= 11 is 1.36. The van der Waals surface area contributed by atoms with Crippen LogP contribution in [-0.4, -0.2) is 33.3 Å². The number of amides is 1. The van der Waals surface area contributed by atoms with Crippen molar-refractivity contribution >= 4 is 17.7 Å². The average molecular weight is 350 g/mol. The van der Waals surface area contributed by atoms with Crippen LogP contribution in [0.25, 0.3) is 0 Å². The lowest BCUT2D eigenvalue weighted by atomic mass is 9.89. The summed E-state index contributed by atoms with van der Waals surface area (Å²) in [6, 6.07) is 0. The highest BCUT2D eigenvalue weighted by Crippen LogP contribution is 2.33. The molecule has 2 aliphatic carbocycles. The molecule has 2 aliphatic rings. The molecule has 1 amide bonds. The van der Waals surface area contributed by atoms with Crippen molar-refractivity contribution in [3.8, 4) is 0 Å². The fraction of sp³-hybridized carbons (Fsp3) is 0.722. The molecule has 6 heteroatoms.